The van der Waals surface area contributed by atoms with Crippen molar-refractivity contribution in [3.63, 3.8) is 0 Å². The first-order valence-electron chi connectivity index (χ1n) is 6.93. The lowest BCUT2D eigenvalue weighted by Gasteiger charge is -2.06. The molecule has 1 N–H and O–H groups in total. The molecule has 0 bridgehead atoms. The number of rotatable bonds is 3. The summed E-state index contributed by atoms with van der Waals surface area (Å²) in [6.07, 6.45) is 7.91. The Morgan fingerprint density at radius 1 is 1.28 bits per heavy atom. The van der Waals surface area contributed by atoms with E-state index in [0.29, 0.717) is 12.3 Å². The molecule has 1 aliphatic rings. The van der Waals surface area contributed by atoms with E-state index in [9.17, 15) is 4.79 Å². The summed E-state index contributed by atoms with van der Waals surface area (Å²) in [6.45, 7) is 4.11. The van der Waals surface area contributed by atoms with Crippen molar-refractivity contribution in [2.24, 2.45) is 5.92 Å². The molecule has 0 fully saturated rings. The fraction of sp³-hybridized carbons (Fsp3) is 0.714. The quantitative estimate of drug-likeness (QED) is 0.904. The first-order valence-corrected chi connectivity index (χ1v) is 7.75. The number of amides is 1. The summed E-state index contributed by atoms with van der Waals surface area (Å²) in [5.41, 5.74) is 1.22. The van der Waals surface area contributed by atoms with E-state index in [1.807, 2.05) is 0 Å². The highest BCUT2D eigenvalue weighted by Crippen LogP contribution is 2.28. The predicted molar refractivity (Wildman–Crippen MR) is 76.1 cm³/mol. The molecule has 0 spiro atoms. The standard InChI is InChI=1S/C14H22N2OS/c1-10(2)9-13(17)16-14-15-11-7-5-3-4-6-8-12(11)18-14/h10H,3-9H2,1-2H3,(H,15,16,17). The molecule has 2 rings (SSSR count). The summed E-state index contributed by atoms with van der Waals surface area (Å²) >= 11 is 1.67. The van der Waals surface area contributed by atoms with Crippen molar-refractivity contribution in [1.29, 1.82) is 0 Å². The average Bonchev–Trinajstić information content (AvgIpc) is 2.58. The van der Waals surface area contributed by atoms with Crippen molar-refractivity contribution in [1.82, 2.24) is 4.98 Å². The second kappa shape index (κ2) is 6.32. The molecule has 3 nitrogen and oxygen atoms in total. The number of hydrogen-bond donors (Lipinski definition) is 1. The van der Waals surface area contributed by atoms with E-state index in [2.05, 4.69) is 24.1 Å². The molecule has 1 heterocycles. The van der Waals surface area contributed by atoms with E-state index < -0.39 is 0 Å². The summed E-state index contributed by atoms with van der Waals surface area (Å²) in [5, 5.41) is 3.74. The summed E-state index contributed by atoms with van der Waals surface area (Å²) in [5.74, 6) is 0.484. The maximum absolute atomic E-state index is 11.7. The van der Waals surface area contributed by atoms with Crippen LogP contribution in [0.1, 0.15) is 56.5 Å². The molecule has 18 heavy (non-hydrogen) atoms. The van der Waals surface area contributed by atoms with Gasteiger partial charge in [-0.05, 0) is 31.6 Å². The largest absolute Gasteiger partial charge is 0.302 e. The van der Waals surface area contributed by atoms with Gasteiger partial charge < -0.3 is 5.32 Å². The molecule has 0 aromatic carbocycles. The maximum atomic E-state index is 11.7. The summed E-state index contributed by atoms with van der Waals surface area (Å²) in [7, 11) is 0. The Morgan fingerprint density at radius 2 is 2.00 bits per heavy atom. The Hall–Kier alpha value is -0.900. The molecule has 0 aliphatic heterocycles. The molecular weight excluding hydrogens is 244 g/mol. The first-order chi connectivity index (χ1) is 8.65. The molecule has 0 atom stereocenters. The number of carbonyl (C=O) groups is 1. The van der Waals surface area contributed by atoms with Gasteiger partial charge in [-0.25, -0.2) is 4.98 Å². The highest BCUT2D eigenvalue weighted by atomic mass is 32.1. The summed E-state index contributed by atoms with van der Waals surface area (Å²) in [4.78, 5) is 17.7. The fourth-order valence-electron chi connectivity index (χ4n) is 2.30. The Bertz CT molecular complexity index is 386. The van der Waals surface area contributed by atoms with Crippen molar-refractivity contribution >= 4 is 22.4 Å². The van der Waals surface area contributed by atoms with E-state index in [0.717, 1.165) is 18.0 Å². The van der Waals surface area contributed by atoms with Crippen LogP contribution in [0.3, 0.4) is 0 Å². The SMILES string of the molecule is CC(C)CC(=O)Nc1nc2c(s1)CCCCCC2. The van der Waals surface area contributed by atoms with Gasteiger partial charge in [0.05, 0.1) is 5.69 Å². The molecular formula is C14H22N2OS. The number of aromatic nitrogens is 1. The highest BCUT2D eigenvalue weighted by molar-refractivity contribution is 7.15. The first kappa shape index (κ1) is 13.5. The van der Waals surface area contributed by atoms with E-state index in [1.54, 1.807) is 11.3 Å². The van der Waals surface area contributed by atoms with Gasteiger partial charge in [-0.15, -0.1) is 11.3 Å². The minimum atomic E-state index is 0.0896. The van der Waals surface area contributed by atoms with Crippen LogP contribution in [0.2, 0.25) is 0 Å². The summed E-state index contributed by atoms with van der Waals surface area (Å²) in [6, 6.07) is 0. The van der Waals surface area contributed by atoms with Gasteiger partial charge in [0.25, 0.3) is 0 Å². The molecule has 1 aromatic rings. The van der Waals surface area contributed by atoms with E-state index in [1.165, 1.54) is 36.3 Å². The zero-order chi connectivity index (χ0) is 13.0. The van der Waals surface area contributed by atoms with Gasteiger partial charge >= 0.3 is 0 Å². The number of anilines is 1. The second-order valence-electron chi connectivity index (χ2n) is 5.45. The predicted octanol–water partition coefficient (Wildman–Crippen LogP) is 3.79. The van der Waals surface area contributed by atoms with Crippen LogP contribution in [0.5, 0.6) is 0 Å². The van der Waals surface area contributed by atoms with Gasteiger partial charge in [-0.2, -0.15) is 0 Å². The molecule has 1 amide bonds. The lowest BCUT2D eigenvalue weighted by atomic mass is 10.0. The van der Waals surface area contributed by atoms with E-state index in [4.69, 9.17) is 0 Å². The topological polar surface area (TPSA) is 42.0 Å². The van der Waals surface area contributed by atoms with Crippen molar-refractivity contribution in [3.05, 3.63) is 10.6 Å². The van der Waals surface area contributed by atoms with Gasteiger partial charge in [0.1, 0.15) is 0 Å². The monoisotopic (exact) mass is 266 g/mol. The normalized spacial score (nSPS) is 15.9. The summed E-state index contributed by atoms with van der Waals surface area (Å²) < 4.78 is 0. The van der Waals surface area contributed by atoms with Crippen LogP contribution in [0.4, 0.5) is 5.13 Å². The van der Waals surface area contributed by atoms with Crippen LogP contribution in [0, 0.1) is 5.92 Å². The van der Waals surface area contributed by atoms with Crippen molar-refractivity contribution in [3.8, 4) is 0 Å². The Morgan fingerprint density at radius 3 is 2.72 bits per heavy atom. The van der Waals surface area contributed by atoms with Crippen LogP contribution in [-0.2, 0) is 17.6 Å². The van der Waals surface area contributed by atoms with E-state index in [-0.39, 0.29) is 5.91 Å². The zero-order valence-electron chi connectivity index (χ0n) is 11.3. The molecule has 1 aliphatic carbocycles. The number of thiazole rings is 1. The number of nitrogens with one attached hydrogen (secondary N) is 1. The van der Waals surface area contributed by atoms with Crippen molar-refractivity contribution in [2.75, 3.05) is 5.32 Å². The van der Waals surface area contributed by atoms with Gasteiger partial charge in [-0.3, -0.25) is 4.79 Å². The Labute approximate surface area is 113 Å². The third-order valence-corrected chi connectivity index (χ3v) is 4.26. The molecule has 0 radical (unpaired) electrons. The highest BCUT2D eigenvalue weighted by Gasteiger charge is 2.15. The van der Waals surface area contributed by atoms with Gasteiger partial charge in [0.15, 0.2) is 5.13 Å². The molecule has 4 heteroatoms. The average molecular weight is 266 g/mol. The number of carbonyl (C=O) groups excluding carboxylic acids is 1. The van der Waals surface area contributed by atoms with Crippen LogP contribution in [0.25, 0.3) is 0 Å². The van der Waals surface area contributed by atoms with Crippen LogP contribution < -0.4 is 5.32 Å². The Kier molecular flexibility index (Phi) is 4.75. The lowest BCUT2D eigenvalue weighted by molar-refractivity contribution is -0.116. The van der Waals surface area contributed by atoms with Crippen LogP contribution in [-0.4, -0.2) is 10.9 Å². The van der Waals surface area contributed by atoms with Gasteiger partial charge in [0.2, 0.25) is 5.91 Å². The number of nitrogens with zero attached hydrogens (tertiary/aromatic N) is 1. The minimum absolute atomic E-state index is 0.0896. The number of aryl methyl sites for hydroxylation is 2. The smallest absolute Gasteiger partial charge is 0.226 e. The third-order valence-electron chi connectivity index (χ3n) is 3.19. The minimum Gasteiger partial charge on any atom is -0.302 e. The van der Waals surface area contributed by atoms with Crippen molar-refractivity contribution in [2.45, 2.75) is 58.8 Å². The second-order valence-corrected chi connectivity index (χ2v) is 6.53. The molecule has 0 saturated carbocycles. The number of hydrogen-bond acceptors (Lipinski definition) is 3. The van der Waals surface area contributed by atoms with Crippen molar-refractivity contribution < 1.29 is 4.79 Å². The third kappa shape index (κ3) is 3.80. The van der Waals surface area contributed by atoms with Crippen LogP contribution >= 0.6 is 11.3 Å². The molecule has 0 unspecified atom stereocenters. The Balaban J connectivity index is 2.01. The molecule has 1 aromatic heterocycles. The van der Waals surface area contributed by atoms with Crippen LogP contribution in [0.15, 0.2) is 0 Å². The molecule has 100 valence electrons. The zero-order valence-corrected chi connectivity index (χ0v) is 12.1. The maximum Gasteiger partial charge on any atom is 0.226 e. The lowest BCUT2D eigenvalue weighted by Crippen LogP contribution is -2.13. The molecule has 0 saturated heterocycles. The van der Waals surface area contributed by atoms with Gasteiger partial charge in [0, 0.05) is 11.3 Å². The van der Waals surface area contributed by atoms with E-state index >= 15 is 0 Å². The fourth-order valence-corrected chi connectivity index (χ4v) is 3.37. The number of fused-ring (bicyclic) bond motifs is 1. The van der Waals surface area contributed by atoms with Gasteiger partial charge in [-0.1, -0.05) is 26.7 Å².